The predicted octanol–water partition coefficient (Wildman–Crippen LogP) is 0.559. The quantitative estimate of drug-likeness (QED) is 0.730. The Morgan fingerprint density at radius 1 is 1.40 bits per heavy atom. The molecule has 2 fully saturated rings. The van der Waals surface area contributed by atoms with Gasteiger partial charge in [-0.05, 0) is 13.8 Å². The SMILES string of the molecule is COCC1NCCOC12COC(C)(C)C2. The van der Waals surface area contributed by atoms with Crippen molar-refractivity contribution in [3.63, 3.8) is 0 Å². The summed E-state index contributed by atoms with van der Waals surface area (Å²) in [4.78, 5) is 0. The molecule has 1 spiro atoms. The molecule has 0 bridgehead atoms. The molecule has 2 unspecified atom stereocenters. The molecule has 2 aliphatic heterocycles. The van der Waals surface area contributed by atoms with Gasteiger partial charge >= 0.3 is 0 Å². The summed E-state index contributed by atoms with van der Waals surface area (Å²) in [6.07, 6.45) is 0.932. The Kier molecular flexibility index (Phi) is 3.03. The topological polar surface area (TPSA) is 39.7 Å². The summed E-state index contributed by atoms with van der Waals surface area (Å²) in [7, 11) is 1.73. The van der Waals surface area contributed by atoms with Crippen molar-refractivity contribution >= 4 is 0 Å². The molecule has 2 atom stereocenters. The molecule has 2 rings (SSSR count). The number of nitrogens with one attached hydrogen (secondary N) is 1. The van der Waals surface area contributed by atoms with Crippen molar-refractivity contribution in [2.45, 2.75) is 37.5 Å². The molecule has 0 aromatic carbocycles. The van der Waals surface area contributed by atoms with Gasteiger partial charge in [-0.15, -0.1) is 0 Å². The lowest BCUT2D eigenvalue weighted by Crippen LogP contribution is -2.60. The van der Waals surface area contributed by atoms with Crippen LogP contribution in [0.2, 0.25) is 0 Å². The maximum absolute atomic E-state index is 5.96. The van der Waals surface area contributed by atoms with E-state index >= 15 is 0 Å². The van der Waals surface area contributed by atoms with Crippen molar-refractivity contribution in [3.05, 3.63) is 0 Å². The molecule has 0 amide bonds. The fraction of sp³-hybridized carbons (Fsp3) is 1.00. The lowest BCUT2D eigenvalue weighted by molar-refractivity contribution is -0.110. The second-order valence-electron chi connectivity index (χ2n) is 5.10. The molecule has 0 aromatic rings. The summed E-state index contributed by atoms with van der Waals surface area (Å²) >= 11 is 0. The van der Waals surface area contributed by atoms with E-state index in [1.807, 2.05) is 0 Å². The van der Waals surface area contributed by atoms with Crippen LogP contribution in [0.4, 0.5) is 0 Å². The van der Waals surface area contributed by atoms with Gasteiger partial charge in [-0.25, -0.2) is 0 Å². The van der Waals surface area contributed by atoms with Crippen LogP contribution >= 0.6 is 0 Å². The lowest BCUT2D eigenvalue weighted by Gasteiger charge is -2.41. The Bertz CT molecular complexity index is 230. The van der Waals surface area contributed by atoms with E-state index in [2.05, 4.69) is 19.2 Å². The van der Waals surface area contributed by atoms with E-state index in [9.17, 15) is 0 Å². The Morgan fingerprint density at radius 3 is 2.80 bits per heavy atom. The van der Waals surface area contributed by atoms with E-state index < -0.39 is 0 Å². The zero-order valence-electron chi connectivity index (χ0n) is 9.84. The van der Waals surface area contributed by atoms with Gasteiger partial charge in [0.05, 0.1) is 31.5 Å². The van der Waals surface area contributed by atoms with Gasteiger partial charge in [0.25, 0.3) is 0 Å². The molecule has 4 nitrogen and oxygen atoms in total. The Labute approximate surface area is 91.3 Å². The number of hydrogen-bond acceptors (Lipinski definition) is 4. The molecule has 15 heavy (non-hydrogen) atoms. The summed E-state index contributed by atoms with van der Waals surface area (Å²) in [5.74, 6) is 0. The predicted molar refractivity (Wildman–Crippen MR) is 57.0 cm³/mol. The van der Waals surface area contributed by atoms with Crippen molar-refractivity contribution < 1.29 is 14.2 Å². The molecule has 0 saturated carbocycles. The fourth-order valence-corrected chi connectivity index (χ4v) is 2.61. The third-order valence-corrected chi connectivity index (χ3v) is 3.28. The average molecular weight is 215 g/mol. The maximum atomic E-state index is 5.96. The Morgan fingerprint density at radius 2 is 2.20 bits per heavy atom. The first-order chi connectivity index (χ1) is 7.08. The highest BCUT2D eigenvalue weighted by Gasteiger charge is 2.51. The van der Waals surface area contributed by atoms with Crippen LogP contribution in [-0.4, -0.2) is 50.7 Å². The van der Waals surface area contributed by atoms with E-state index in [1.54, 1.807) is 7.11 Å². The minimum Gasteiger partial charge on any atom is -0.383 e. The number of ether oxygens (including phenoxy) is 3. The molecular weight excluding hydrogens is 194 g/mol. The van der Waals surface area contributed by atoms with E-state index in [0.29, 0.717) is 13.2 Å². The standard InChI is InChI=1S/C11H21NO3/c1-10(2)7-11(8-15-10)9(6-13-3)12-4-5-14-11/h9,12H,4-8H2,1-3H3. The second kappa shape index (κ2) is 4.01. The third kappa shape index (κ3) is 2.18. The minimum absolute atomic E-state index is 0.0784. The number of hydrogen-bond donors (Lipinski definition) is 1. The number of rotatable bonds is 2. The first-order valence-electron chi connectivity index (χ1n) is 5.58. The van der Waals surface area contributed by atoms with Gasteiger partial charge in [0.2, 0.25) is 0 Å². The maximum Gasteiger partial charge on any atom is 0.112 e. The third-order valence-electron chi connectivity index (χ3n) is 3.28. The zero-order chi connectivity index (χ0) is 10.9. The first kappa shape index (κ1) is 11.3. The summed E-state index contributed by atoms with van der Waals surface area (Å²) in [6, 6.07) is 0.248. The highest BCUT2D eigenvalue weighted by atomic mass is 16.6. The van der Waals surface area contributed by atoms with Crippen molar-refractivity contribution in [2.75, 3.05) is 33.5 Å². The van der Waals surface area contributed by atoms with E-state index in [-0.39, 0.29) is 17.2 Å². The molecule has 2 heterocycles. The van der Waals surface area contributed by atoms with Gasteiger partial charge in [0.1, 0.15) is 5.60 Å². The van der Waals surface area contributed by atoms with E-state index in [1.165, 1.54) is 0 Å². The van der Waals surface area contributed by atoms with Gasteiger partial charge in [-0.1, -0.05) is 0 Å². The summed E-state index contributed by atoms with van der Waals surface area (Å²) in [5, 5.41) is 3.46. The normalized spacial score (nSPS) is 39.8. The van der Waals surface area contributed by atoms with Crippen LogP contribution in [0.25, 0.3) is 0 Å². The fourth-order valence-electron chi connectivity index (χ4n) is 2.61. The van der Waals surface area contributed by atoms with Crippen LogP contribution in [0, 0.1) is 0 Å². The largest absolute Gasteiger partial charge is 0.383 e. The van der Waals surface area contributed by atoms with Crippen LogP contribution in [0.1, 0.15) is 20.3 Å². The highest BCUT2D eigenvalue weighted by molar-refractivity contribution is 5.04. The van der Waals surface area contributed by atoms with Crippen molar-refractivity contribution in [2.24, 2.45) is 0 Å². The average Bonchev–Trinajstić information content (AvgIpc) is 2.48. The zero-order valence-corrected chi connectivity index (χ0v) is 9.84. The minimum atomic E-state index is -0.183. The Balaban J connectivity index is 2.10. The molecule has 0 radical (unpaired) electrons. The summed E-state index contributed by atoms with van der Waals surface area (Å²) in [6.45, 7) is 7.24. The van der Waals surface area contributed by atoms with Crippen LogP contribution < -0.4 is 5.32 Å². The molecule has 1 N–H and O–H groups in total. The Hall–Kier alpha value is -0.160. The molecule has 0 aromatic heterocycles. The van der Waals surface area contributed by atoms with Crippen molar-refractivity contribution in [3.8, 4) is 0 Å². The monoisotopic (exact) mass is 215 g/mol. The molecule has 88 valence electrons. The summed E-state index contributed by atoms with van der Waals surface area (Å²) in [5.41, 5.74) is -0.261. The van der Waals surface area contributed by atoms with E-state index in [0.717, 1.165) is 19.6 Å². The summed E-state index contributed by atoms with van der Waals surface area (Å²) < 4.78 is 17.0. The first-order valence-corrected chi connectivity index (χ1v) is 5.58. The molecule has 2 saturated heterocycles. The lowest BCUT2D eigenvalue weighted by atomic mass is 9.86. The van der Waals surface area contributed by atoms with Crippen molar-refractivity contribution in [1.29, 1.82) is 0 Å². The number of methoxy groups -OCH3 is 1. The van der Waals surface area contributed by atoms with Gasteiger partial charge in [0.15, 0.2) is 0 Å². The van der Waals surface area contributed by atoms with Gasteiger partial charge < -0.3 is 19.5 Å². The molecular formula is C11H21NO3. The van der Waals surface area contributed by atoms with Gasteiger partial charge in [0, 0.05) is 20.1 Å². The van der Waals surface area contributed by atoms with Crippen LogP contribution in [0.5, 0.6) is 0 Å². The molecule has 0 aliphatic carbocycles. The second-order valence-corrected chi connectivity index (χ2v) is 5.10. The number of morpholine rings is 1. The smallest absolute Gasteiger partial charge is 0.112 e. The van der Waals surface area contributed by atoms with Gasteiger partial charge in [-0.3, -0.25) is 0 Å². The molecule has 2 aliphatic rings. The van der Waals surface area contributed by atoms with Crippen molar-refractivity contribution in [1.82, 2.24) is 5.32 Å². The van der Waals surface area contributed by atoms with Crippen LogP contribution in [-0.2, 0) is 14.2 Å². The van der Waals surface area contributed by atoms with Crippen LogP contribution in [0.3, 0.4) is 0 Å². The highest BCUT2D eigenvalue weighted by Crippen LogP contribution is 2.38. The molecule has 4 heteroatoms. The van der Waals surface area contributed by atoms with Crippen LogP contribution in [0.15, 0.2) is 0 Å². The van der Waals surface area contributed by atoms with Gasteiger partial charge in [-0.2, -0.15) is 0 Å². The van der Waals surface area contributed by atoms with E-state index in [4.69, 9.17) is 14.2 Å².